The van der Waals surface area contributed by atoms with Gasteiger partial charge in [-0.3, -0.25) is 0 Å². The third-order valence-corrected chi connectivity index (χ3v) is 3.47. The minimum Gasteiger partial charge on any atom is -0.507 e. The van der Waals surface area contributed by atoms with Crippen molar-refractivity contribution in [3.05, 3.63) is 18.2 Å². The molecule has 2 nitrogen and oxygen atoms in total. The van der Waals surface area contributed by atoms with Crippen LogP contribution in [0.4, 0.5) is 0 Å². The van der Waals surface area contributed by atoms with Crippen LogP contribution in [0.2, 0.25) is 0 Å². The van der Waals surface area contributed by atoms with E-state index in [1.165, 1.54) is 23.1 Å². The fourth-order valence-electron chi connectivity index (χ4n) is 1.21. The monoisotopic (exact) mass is 212 g/mol. The predicted octanol–water partition coefficient (Wildman–Crippen LogP) is 3.03. The third-order valence-electron chi connectivity index (χ3n) is 1.80. The zero-order valence-electron chi connectivity index (χ0n) is 6.94. The van der Waals surface area contributed by atoms with Gasteiger partial charge in [0.05, 0.1) is 4.90 Å². The van der Waals surface area contributed by atoms with E-state index in [-0.39, 0.29) is 10.8 Å². The highest BCUT2D eigenvalue weighted by Crippen LogP contribution is 2.37. The average Bonchev–Trinajstić information content (AvgIpc) is 2.42. The SMILES string of the molecule is CSc1cc2sc(O)cc2cc1O. The summed E-state index contributed by atoms with van der Waals surface area (Å²) in [5.41, 5.74) is 0. The highest BCUT2D eigenvalue weighted by molar-refractivity contribution is 7.98. The van der Waals surface area contributed by atoms with Crippen LogP contribution in [0.1, 0.15) is 0 Å². The van der Waals surface area contributed by atoms with Gasteiger partial charge < -0.3 is 10.2 Å². The largest absolute Gasteiger partial charge is 0.507 e. The Hall–Kier alpha value is -0.870. The molecule has 0 saturated heterocycles. The van der Waals surface area contributed by atoms with Crippen molar-refractivity contribution in [2.45, 2.75) is 4.90 Å². The lowest BCUT2D eigenvalue weighted by atomic mass is 10.2. The quantitative estimate of drug-likeness (QED) is 0.714. The lowest BCUT2D eigenvalue weighted by Crippen LogP contribution is -1.71. The number of phenolic OH excluding ortho intramolecular Hbond substituents is 1. The van der Waals surface area contributed by atoms with E-state index in [2.05, 4.69) is 0 Å². The number of benzene rings is 1. The van der Waals surface area contributed by atoms with E-state index >= 15 is 0 Å². The minimum absolute atomic E-state index is 0.276. The van der Waals surface area contributed by atoms with Gasteiger partial charge in [0.15, 0.2) is 5.06 Å². The molecule has 1 aromatic heterocycles. The van der Waals surface area contributed by atoms with Crippen molar-refractivity contribution < 1.29 is 10.2 Å². The minimum atomic E-state index is 0.276. The summed E-state index contributed by atoms with van der Waals surface area (Å²) in [7, 11) is 0. The molecule has 0 bridgehead atoms. The number of aromatic hydroxyl groups is 2. The number of thioether (sulfide) groups is 1. The molecule has 4 heteroatoms. The molecule has 2 aromatic rings. The molecule has 0 aliphatic rings. The highest BCUT2D eigenvalue weighted by atomic mass is 32.2. The molecule has 0 spiro atoms. The van der Waals surface area contributed by atoms with E-state index in [1.807, 2.05) is 12.3 Å². The molecule has 0 aliphatic carbocycles. The van der Waals surface area contributed by atoms with Gasteiger partial charge in [0.25, 0.3) is 0 Å². The Morgan fingerprint density at radius 2 is 2.00 bits per heavy atom. The maximum absolute atomic E-state index is 9.52. The second-order valence-corrected chi connectivity index (χ2v) is 4.56. The molecule has 0 atom stereocenters. The zero-order chi connectivity index (χ0) is 9.42. The third kappa shape index (κ3) is 1.47. The van der Waals surface area contributed by atoms with Gasteiger partial charge in [0.1, 0.15) is 5.75 Å². The molecule has 13 heavy (non-hydrogen) atoms. The van der Waals surface area contributed by atoms with Crippen LogP contribution in [0.3, 0.4) is 0 Å². The Balaban J connectivity index is 2.72. The maximum atomic E-state index is 9.52. The van der Waals surface area contributed by atoms with Gasteiger partial charge in [-0.25, -0.2) is 0 Å². The topological polar surface area (TPSA) is 40.5 Å². The Labute approximate surface area is 83.8 Å². The molecular formula is C9H8O2S2. The number of rotatable bonds is 1. The summed E-state index contributed by atoms with van der Waals surface area (Å²) < 4.78 is 1.000. The molecule has 0 saturated carbocycles. The second-order valence-electron chi connectivity index (χ2n) is 2.65. The van der Waals surface area contributed by atoms with Gasteiger partial charge in [-0.05, 0) is 24.5 Å². The second kappa shape index (κ2) is 3.12. The summed E-state index contributed by atoms with van der Waals surface area (Å²) in [6.07, 6.45) is 1.91. The summed E-state index contributed by atoms with van der Waals surface area (Å²) in [4.78, 5) is 0.842. The molecular weight excluding hydrogens is 204 g/mol. The first-order valence-electron chi connectivity index (χ1n) is 3.70. The normalized spacial score (nSPS) is 10.8. The van der Waals surface area contributed by atoms with Crippen LogP contribution in [0, 0.1) is 0 Å². The molecule has 68 valence electrons. The van der Waals surface area contributed by atoms with Crippen LogP contribution in [-0.4, -0.2) is 16.5 Å². The van der Waals surface area contributed by atoms with Crippen LogP contribution >= 0.6 is 23.1 Å². The van der Waals surface area contributed by atoms with E-state index < -0.39 is 0 Å². The molecule has 0 aliphatic heterocycles. The average molecular weight is 212 g/mol. The number of phenols is 1. The summed E-state index contributed by atoms with van der Waals surface area (Å²) in [6, 6.07) is 5.22. The number of thiophene rings is 1. The van der Waals surface area contributed by atoms with Crippen molar-refractivity contribution in [1.82, 2.24) is 0 Å². The van der Waals surface area contributed by atoms with Gasteiger partial charge in [-0.2, -0.15) is 0 Å². The first-order valence-corrected chi connectivity index (χ1v) is 5.74. The van der Waals surface area contributed by atoms with Crippen LogP contribution in [-0.2, 0) is 0 Å². The molecule has 0 radical (unpaired) electrons. The van der Waals surface area contributed by atoms with E-state index in [0.29, 0.717) is 0 Å². The molecule has 0 amide bonds. The van der Waals surface area contributed by atoms with Crippen LogP contribution in [0.25, 0.3) is 10.1 Å². The van der Waals surface area contributed by atoms with E-state index in [4.69, 9.17) is 0 Å². The standard InChI is InChI=1S/C9H8O2S2/c1-12-8-4-7-5(2-6(8)10)3-9(11)13-7/h2-4,10-11H,1H3. The van der Waals surface area contributed by atoms with E-state index in [9.17, 15) is 10.2 Å². The Morgan fingerprint density at radius 3 is 2.69 bits per heavy atom. The first kappa shape index (κ1) is 8.72. The predicted molar refractivity (Wildman–Crippen MR) is 56.9 cm³/mol. The summed E-state index contributed by atoms with van der Waals surface area (Å²) >= 11 is 2.82. The fourth-order valence-corrected chi connectivity index (χ4v) is 2.61. The smallest absolute Gasteiger partial charge is 0.172 e. The van der Waals surface area contributed by atoms with E-state index in [1.54, 1.807) is 12.1 Å². The molecule has 0 fully saturated rings. The molecule has 1 heterocycles. The van der Waals surface area contributed by atoms with Crippen molar-refractivity contribution in [1.29, 1.82) is 0 Å². The lowest BCUT2D eigenvalue weighted by molar-refractivity contribution is 0.463. The highest BCUT2D eigenvalue weighted by Gasteiger charge is 2.05. The fraction of sp³-hybridized carbons (Fsp3) is 0.111. The first-order chi connectivity index (χ1) is 6.20. The Bertz CT molecular complexity index is 448. The Morgan fingerprint density at radius 1 is 1.23 bits per heavy atom. The summed E-state index contributed by atoms with van der Waals surface area (Å²) in [6.45, 7) is 0. The van der Waals surface area contributed by atoms with Gasteiger partial charge in [0, 0.05) is 10.1 Å². The number of fused-ring (bicyclic) bond motifs is 1. The molecule has 0 unspecified atom stereocenters. The van der Waals surface area contributed by atoms with Crippen LogP contribution in [0.15, 0.2) is 23.1 Å². The molecule has 2 N–H and O–H groups in total. The zero-order valence-corrected chi connectivity index (χ0v) is 8.58. The van der Waals surface area contributed by atoms with Gasteiger partial charge >= 0.3 is 0 Å². The van der Waals surface area contributed by atoms with Crippen LogP contribution < -0.4 is 0 Å². The van der Waals surface area contributed by atoms with Crippen molar-refractivity contribution in [3.8, 4) is 10.8 Å². The van der Waals surface area contributed by atoms with Crippen LogP contribution in [0.5, 0.6) is 10.8 Å². The van der Waals surface area contributed by atoms with Crippen molar-refractivity contribution in [3.63, 3.8) is 0 Å². The van der Waals surface area contributed by atoms with Gasteiger partial charge in [-0.1, -0.05) is 11.3 Å². The van der Waals surface area contributed by atoms with Crippen molar-refractivity contribution in [2.75, 3.05) is 6.26 Å². The number of hydrogen-bond acceptors (Lipinski definition) is 4. The van der Waals surface area contributed by atoms with Gasteiger partial charge in [0.2, 0.25) is 0 Å². The van der Waals surface area contributed by atoms with Gasteiger partial charge in [-0.15, -0.1) is 11.8 Å². The summed E-state index contributed by atoms with van der Waals surface area (Å²) in [5.74, 6) is 0.276. The molecule has 2 rings (SSSR count). The Kier molecular flexibility index (Phi) is 2.09. The van der Waals surface area contributed by atoms with Crippen molar-refractivity contribution >= 4 is 33.2 Å². The lowest BCUT2D eigenvalue weighted by Gasteiger charge is -1.99. The van der Waals surface area contributed by atoms with Crippen molar-refractivity contribution in [2.24, 2.45) is 0 Å². The molecule has 1 aromatic carbocycles. The van der Waals surface area contributed by atoms with E-state index in [0.717, 1.165) is 15.0 Å². The summed E-state index contributed by atoms with van der Waals surface area (Å²) in [5, 5.41) is 19.9. The maximum Gasteiger partial charge on any atom is 0.172 e. The number of hydrogen-bond donors (Lipinski definition) is 2.